The first-order chi connectivity index (χ1) is 10.9. The molecule has 23 heavy (non-hydrogen) atoms. The Labute approximate surface area is 144 Å². The summed E-state index contributed by atoms with van der Waals surface area (Å²) in [6.45, 7) is 2.07. The molecule has 0 heterocycles. The van der Waals surface area contributed by atoms with E-state index in [1.165, 1.54) is 0 Å². The van der Waals surface area contributed by atoms with Gasteiger partial charge in [0.05, 0.1) is 0 Å². The van der Waals surface area contributed by atoms with Gasteiger partial charge in [0.15, 0.2) is 0 Å². The molecule has 0 bridgehead atoms. The highest BCUT2D eigenvalue weighted by Gasteiger charge is 2.72. The minimum Gasteiger partial charge on any atom is -0.480 e. The van der Waals surface area contributed by atoms with Gasteiger partial charge < -0.3 is 9.84 Å². The van der Waals surface area contributed by atoms with Crippen LogP contribution in [0.2, 0.25) is 0 Å². The predicted octanol–water partition coefficient (Wildman–Crippen LogP) is 4.94. The molecule has 1 fully saturated rings. The molecule has 0 saturated heterocycles. The number of hydrogen-bond donors (Lipinski definition) is 1. The van der Waals surface area contributed by atoms with Crippen molar-refractivity contribution in [2.24, 2.45) is 0 Å². The van der Waals surface area contributed by atoms with Crippen LogP contribution >= 0.6 is 23.2 Å². The largest absolute Gasteiger partial charge is 0.480 e. The monoisotopic (exact) mass is 350 g/mol. The van der Waals surface area contributed by atoms with E-state index in [9.17, 15) is 9.90 Å². The molecule has 1 aliphatic rings. The van der Waals surface area contributed by atoms with Gasteiger partial charge >= 0.3 is 5.97 Å². The first-order valence-electron chi connectivity index (χ1n) is 7.38. The maximum absolute atomic E-state index is 11.6. The molecule has 0 radical (unpaired) electrons. The van der Waals surface area contributed by atoms with Crippen molar-refractivity contribution >= 4 is 29.2 Å². The molecular weight excluding hydrogens is 335 g/mol. The SMILES string of the molecule is CCc1ccccc1Oc1ccc(C2(C(=O)O)CC2(Cl)Cl)cc1. The summed E-state index contributed by atoms with van der Waals surface area (Å²) in [4.78, 5) is 11.6. The first kappa shape index (κ1) is 16.2. The molecule has 1 unspecified atom stereocenters. The second-order valence-electron chi connectivity index (χ2n) is 5.68. The van der Waals surface area contributed by atoms with E-state index in [-0.39, 0.29) is 6.42 Å². The lowest BCUT2D eigenvalue weighted by Crippen LogP contribution is -2.26. The van der Waals surface area contributed by atoms with Gasteiger partial charge in [-0.25, -0.2) is 0 Å². The van der Waals surface area contributed by atoms with E-state index in [2.05, 4.69) is 6.92 Å². The number of hydrogen-bond acceptors (Lipinski definition) is 2. The van der Waals surface area contributed by atoms with Crippen LogP contribution in [0.15, 0.2) is 48.5 Å². The Morgan fingerprint density at radius 3 is 2.30 bits per heavy atom. The summed E-state index contributed by atoms with van der Waals surface area (Å²) in [7, 11) is 0. The maximum Gasteiger partial charge on any atom is 0.317 e. The van der Waals surface area contributed by atoms with Crippen LogP contribution in [-0.2, 0) is 16.6 Å². The average Bonchev–Trinajstić information content (AvgIpc) is 3.13. The van der Waals surface area contributed by atoms with E-state index in [1.807, 2.05) is 24.3 Å². The lowest BCUT2D eigenvalue weighted by molar-refractivity contribution is -0.140. The molecule has 1 aliphatic carbocycles. The summed E-state index contributed by atoms with van der Waals surface area (Å²) in [5.74, 6) is 0.434. The van der Waals surface area contributed by atoms with Crippen molar-refractivity contribution in [1.29, 1.82) is 0 Å². The number of benzene rings is 2. The molecule has 120 valence electrons. The highest BCUT2D eigenvalue weighted by molar-refractivity contribution is 6.54. The van der Waals surface area contributed by atoms with Crippen LogP contribution in [0.5, 0.6) is 11.5 Å². The first-order valence-corrected chi connectivity index (χ1v) is 8.14. The highest BCUT2D eigenvalue weighted by atomic mass is 35.5. The zero-order valence-electron chi connectivity index (χ0n) is 12.6. The molecule has 2 aromatic carbocycles. The Kier molecular flexibility index (Phi) is 4.03. The number of halogens is 2. The molecular formula is C18H16Cl2O3. The molecule has 3 nitrogen and oxygen atoms in total. The zero-order chi connectivity index (χ0) is 16.7. The van der Waals surface area contributed by atoms with Crippen LogP contribution in [0.3, 0.4) is 0 Å². The molecule has 1 saturated carbocycles. The zero-order valence-corrected chi connectivity index (χ0v) is 14.1. The Balaban J connectivity index is 1.85. The predicted molar refractivity (Wildman–Crippen MR) is 90.7 cm³/mol. The normalized spacial score (nSPS) is 21.7. The maximum atomic E-state index is 11.6. The Bertz CT molecular complexity index is 740. The Morgan fingerprint density at radius 2 is 1.78 bits per heavy atom. The van der Waals surface area contributed by atoms with Crippen molar-refractivity contribution < 1.29 is 14.6 Å². The van der Waals surface area contributed by atoms with Gasteiger partial charge in [0.1, 0.15) is 21.2 Å². The third kappa shape index (κ3) is 2.68. The van der Waals surface area contributed by atoms with Crippen LogP contribution in [0.1, 0.15) is 24.5 Å². The fraction of sp³-hybridized carbons (Fsp3) is 0.278. The van der Waals surface area contributed by atoms with E-state index >= 15 is 0 Å². The summed E-state index contributed by atoms with van der Waals surface area (Å²) in [6, 6.07) is 14.7. The summed E-state index contributed by atoms with van der Waals surface area (Å²) in [6.07, 6.45) is 1.08. The molecule has 0 aromatic heterocycles. The van der Waals surface area contributed by atoms with Crippen molar-refractivity contribution in [2.75, 3.05) is 0 Å². The van der Waals surface area contributed by atoms with Gasteiger partial charge in [-0.1, -0.05) is 60.5 Å². The van der Waals surface area contributed by atoms with Crippen molar-refractivity contribution in [2.45, 2.75) is 29.5 Å². The van der Waals surface area contributed by atoms with Gasteiger partial charge in [0, 0.05) is 6.42 Å². The smallest absolute Gasteiger partial charge is 0.317 e. The van der Waals surface area contributed by atoms with Gasteiger partial charge in [-0.05, 0) is 35.7 Å². The molecule has 0 spiro atoms. The van der Waals surface area contributed by atoms with Crippen LogP contribution in [0.4, 0.5) is 0 Å². The van der Waals surface area contributed by atoms with E-state index in [0.29, 0.717) is 11.3 Å². The van der Waals surface area contributed by atoms with Crippen LogP contribution in [-0.4, -0.2) is 15.4 Å². The molecule has 1 atom stereocenters. The number of carboxylic acids is 1. The van der Waals surface area contributed by atoms with Crippen molar-refractivity contribution in [1.82, 2.24) is 0 Å². The molecule has 0 aliphatic heterocycles. The van der Waals surface area contributed by atoms with E-state index in [0.717, 1.165) is 17.7 Å². The third-order valence-electron chi connectivity index (χ3n) is 4.28. The quantitative estimate of drug-likeness (QED) is 0.776. The third-order valence-corrected chi connectivity index (χ3v) is 5.19. The highest BCUT2D eigenvalue weighted by Crippen LogP contribution is 2.65. The number of para-hydroxylation sites is 1. The van der Waals surface area contributed by atoms with Crippen LogP contribution < -0.4 is 4.74 Å². The summed E-state index contributed by atoms with van der Waals surface area (Å²) >= 11 is 12.1. The summed E-state index contributed by atoms with van der Waals surface area (Å²) in [5.41, 5.74) is 0.475. The number of ether oxygens (including phenoxy) is 1. The molecule has 2 aromatic rings. The standard InChI is InChI=1S/C18H16Cl2O3/c1-2-12-5-3-4-6-15(12)23-14-9-7-13(8-10-14)17(16(21)22)11-18(17,19)20/h3-10H,2,11H2,1H3,(H,21,22). The minimum atomic E-state index is -1.25. The van der Waals surface area contributed by atoms with Crippen molar-refractivity contribution in [3.05, 3.63) is 59.7 Å². The van der Waals surface area contributed by atoms with Gasteiger partial charge in [0.25, 0.3) is 0 Å². The fourth-order valence-corrected chi connectivity index (χ4v) is 3.57. The second kappa shape index (κ2) is 5.73. The van der Waals surface area contributed by atoms with Crippen molar-refractivity contribution in [3.8, 4) is 11.5 Å². The van der Waals surface area contributed by atoms with Crippen molar-refractivity contribution in [3.63, 3.8) is 0 Å². The Morgan fingerprint density at radius 1 is 1.17 bits per heavy atom. The topological polar surface area (TPSA) is 46.5 Å². The Hall–Kier alpha value is -1.71. The molecule has 5 heteroatoms. The van der Waals surface area contributed by atoms with E-state index < -0.39 is 15.7 Å². The van der Waals surface area contributed by atoms with Gasteiger partial charge in [-0.3, -0.25) is 4.79 Å². The fourth-order valence-electron chi connectivity index (χ4n) is 2.79. The van der Waals surface area contributed by atoms with Gasteiger partial charge in [0.2, 0.25) is 0 Å². The lowest BCUT2D eigenvalue weighted by atomic mass is 9.96. The summed E-state index contributed by atoms with van der Waals surface area (Å²) in [5, 5.41) is 9.47. The molecule has 1 N–H and O–H groups in total. The van der Waals surface area contributed by atoms with Gasteiger partial charge in [-0.15, -0.1) is 0 Å². The number of alkyl halides is 2. The summed E-state index contributed by atoms with van der Waals surface area (Å²) < 4.78 is 4.63. The molecule has 0 amide bonds. The van der Waals surface area contributed by atoms with Crippen LogP contribution in [0, 0.1) is 0 Å². The minimum absolute atomic E-state index is 0.206. The second-order valence-corrected chi connectivity index (χ2v) is 7.16. The number of aryl methyl sites for hydroxylation is 1. The number of carboxylic acid groups (broad SMARTS) is 1. The van der Waals surface area contributed by atoms with Crippen LogP contribution in [0.25, 0.3) is 0 Å². The van der Waals surface area contributed by atoms with E-state index in [4.69, 9.17) is 27.9 Å². The van der Waals surface area contributed by atoms with E-state index in [1.54, 1.807) is 24.3 Å². The number of rotatable bonds is 5. The lowest BCUT2D eigenvalue weighted by Gasteiger charge is -2.15. The average molecular weight is 351 g/mol. The number of aliphatic carboxylic acids is 1. The van der Waals surface area contributed by atoms with Gasteiger partial charge in [-0.2, -0.15) is 0 Å². The molecule has 3 rings (SSSR count). The number of carbonyl (C=O) groups is 1.